The predicted molar refractivity (Wildman–Crippen MR) is 80.9 cm³/mol. The van der Waals surface area contributed by atoms with Gasteiger partial charge in [0.1, 0.15) is 5.01 Å². The first kappa shape index (κ1) is 12.0. The van der Waals surface area contributed by atoms with Crippen LogP contribution < -0.4 is 0 Å². The SMILES string of the molecule is CCc1nnc2sc(-c3cccc(I)c3C)nn12. The summed E-state index contributed by atoms with van der Waals surface area (Å²) >= 11 is 3.93. The smallest absolute Gasteiger partial charge is 0.187 e. The Hall–Kier alpha value is -1.02. The highest BCUT2D eigenvalue weighted by atomic mass is 127. The third kappa shape index (κ3) is 1.83. The summed E-state index contributed by atoms with van der Waals surface area (Å²) in [7, 11) is 0. The maximum Gasteiger partial charge on any atom is 0.234 e. The van der Waals surface area contributed by atoms with E-state index in [0.29, 0.717) is 0 Å². The molecule has 0 fully saturated rings. The van der Waals surface area contributed by atoms with Crippen molar-refractivity contribution in [2.75, 3.05) is 0 Å². The zero-order valence-electron chi connectivity index (χ0n) is 10.0. The van der Waals surface area contributed by atoms with Crippen molar-refractivity contribution < 1.29 is 0 Å². The monoisotopic (exact) mass is 370 g/mol. The number of aromatic nitrogens is 4. The number of fused-ring (bicyclic) bond motifs is 1. The second kappa shape index (κ2) is 4.58. The quantitative estimate of drug-likeness (QED) is 0.650. The Labute approximate surface area is 122 Å². The van der Waals surface area contributed by atoms with E-state index in [1.807, 2.05) is 4.52 Å². The van der Waals surface area contributed by atoms with E-state index in [1.165, 1.54) is 14.7 Å². The lowest BCUT2D eigenvalue weighted by Crippen LogP contribution is -1.94. The highest BCUT2D eigenvalue weighted by Crippen LogP contribution is 2.30. The van der Waals surface area contributed by atoms with E-state index >= 15 is 0 Å². The lowest BCUT2D eigenvalue weighted by molar-refractivity contribution is 0.837. The number of rotatable bonds is 2. The molecule has 92 valence electrons. The molecule has 0 N–H and O–H groups in total. The molecule has 3 rings (SSSR count). The zero-order chi connectivity index (χ0) is 12.7. The minimum absolute atomic E-state index is 0.843. The van der Waals surface area contributed by atoms with Crippen LogP contribution in [0.3, 0.4) is 0 Å². The molecule has 6 heteroatoms. The van der Waals surface area contributed by atoms with Crippen LogP contribution in [-0.4, -0.2) is 19.8 Å². The zero-order valence-corrected chi connectivity index (χ0v) is 13.0. The Morgan fingerprint density at radius 2 is 2.17 bits per heavy atom. The molecular formula is C12H11IN4S. The lowest BCUT2D eigenvalue weighted by Gasteiger charge is -2.03. The summed E-state index contributed by atoms with van der Waals surface area (Å²) in [6.07, 6.45) is 0.843. The molecule has 18 heavy (non-hydrogen) atoms. The van der Waals surface area contributed by atoms with Gasteiger partial charge in [-0.1, -0.05) is 30.4 Å². The molecule has 2 heterocycles. The number of aryl methyl sites for hydroxylation is 1. The van der Waals surface area contributed by atoms with Gasteiger partial charge < -0.3 is 0 Å². The molecule has 0 bridgehead atoms. The summed E-state index contributed by atoms with van der Waals surface area (Å²) in [5.74, 6) is 0.913. The first-order valence-corrected chi connectivity index (χ1v) is 7.57. The van der Waals surface area contributed by atoms with Gasteiger partial charge >= 0.3 is 0 Å². The van der Waals surface area contributed by atoms with E-state index in [4.69, 9.17) is 0 Å². The fourth-order valence-corrected chi connectivity index (χ4v) is 3.26. The Morgan fingerprint density at radius 3 is 2.94 bits per heavy atom. The van der Waals surface area contributed by atoms with E-state index in [2.05, 4.69) is 69.9 Å². The average molecular weight is 370 g/mol. The van der Waals surface area contributed by atoms with Gasteiger partial charge in [-0.2, -0.15) is 9.61 Å². The normalized spacial score (nSPS) is 11.3. The third-order valence-electron chi connectivity index (χ3n) is 2.87. The Bertz CT molecular complexity index is 716. The van der Waals surface area contributed by atoms with Gasteiger partial charge in [-0.15, -0.1) is 10.2 Å². The van der Waals surface area contributed by atoms with Gasteiger partial charge in [0.15, 0.2) is 5.82 Å². The fraction of sp³-hybridized carbons (Fsp3) is 0.250. The maximum absolute atomic E-state index is 4.62. The van der Waals surface area contributed by atoms with Gasteiger partial charge in [-0.25, -0.2) is 0 Å². The molecule has 0 aliphatic rings. The summed E-state index contributed by atoms with van der Waals surface area (Å²) in [5.41, 5.74) is 2.44. The van der Waals surface area contributed by atoms with Crippen LogP contribution in [0.25, 0.3) is 15.5 Å². The highest BCUT2D eigenvalue weighted by molar-refractivity contribution is 14.1. The van der Waals surface area contributed by atoms with E-state index in [9.17, 15) is 0 Å². The molecule has 0 saturated heterocycles. The number of benzene rings is 1. The molecule has 0 aliphatic carbocycles. The van der Waals surface area contributed by atoms with Crippen LogP contribution in [0.2, 0.25) is 0 Å². The Balaban J connectivity index is 2.19. The molecule has 0 atom stereocenters. The molecule has 0 unspecified atom stereocenters. The number of hydrogen-bond acceptors (Lipinski definition) is 4. The van der Waals surface area contributed by atoms with Crippen molar-refractivity contribution in [1.29, 1.82) is 0 Å². The summed E-state index contributed by atoms with van der Waals surface area (Å²) in [5, 5.41) is 13.9. The minimum atomic E-state index is 0.843. The van der Waals surface area contributed by atoms with E-state index in [1.54, 1.807) is 11.3 Å². The van der Waals surface area contributed by atoms with Crippen molar-refractivity contribution in [3.8, 4) is 10.6 Å². The van der Waals surface area contributed by atoms with Crippen LogP contribution in [-0.2, 0) is 6.42 Å². The number of hydrogen-bond donors (Lipinski definition) is 0. The van der Waals surface area contributed by atoms with Gasteiger partial charge in [0.2, 0.25) is 4.96 Å². The molecule has 0 amide bonds. The fourth-order valence-electron chi connectivity index (χ4n) is 1.83. The average Bonchev–Trinajstić information content (AvgIpc) is 2.92. The number of nitrogens with zero attached hydrogens (tertiary/aromatic N) is 4. The first-order chi connectivity index (χ1) is 8.70. The van der Waals surface area contributed by atoms with Crippen LogP contribution in [0.15, 0.2) is 18.2 Å². The molecule has 0 saturated carbocycles. The van der Waals surface area contributed by atoms with E-state index in [0.717, 1.165) is 22.2 Å². The van der Waals surface area contributed by atoms with Crippen LogP contribution >= 0.6 is 33.9 Å². The molecule has 0 spiro atoms. The Morgan fingerprint density at radius 1 is 1.33 bits per heavy atom. The summed E-state index contributed by atoms with van der Waals surface area (Å²) in [4.78, 5) is 0.861. The van der Waals surface area contributed by atoms with Crippen LogP contribution in [0.1, 0.15) is 18.3 Å². The van der Waals surface area contributed by atoms with Gasteiger partial charge in [0.25, 0.3) is 0 Å². The van der Waals surface area contributed by atoms with Crippen LogP contribution in [0.5, 0.6) is 0 Å². The molecule has 0 aliphatic heterocycles. The van der Waals surface area contributed by atoms with Gasteiger partial charge in [0, 0.05) is 15.6 Å². The largest absolute Gasteiger partial charge is 0.234 e. The van der Waals surface area contributed by atoms with E-state index in [-0.39, 0.29) is 0 Å². The van der Waals surface area contributed by atoms with Crippen molar-refractivity contribution in [3.63, 3.8) is 0 Å². The maximum atomic E-state index is 4.62. The molecule has 4 nitrogen and oxygen atoms in total. The van der Waals surface area contributed by atoms with Gasteiger partial charge in [0.05, 0.1) is 0 Å². The number of halogens is 1. The van der Waals surface area contributed by atoms with Crippen molar-refractivity contribution in [3.05, 3.63) is 33.2 Å². The summed E-state index contributed by atoms with van der Waals surface area (Å²) < 4.78 is 3.10. The molecule has 0 radical (unpaired) electrons. The minimum Gasteiger partial charge on any atom is -0.187 e. The topological polar surface area (TPSA) is 43.1 Å². The second-order valence-electron chi connectivity index (χ2n) is 3.98. The van der Waals surface area contributed by atoms with Crippen molar-refractivity contribution in [1.82, 2.24) is 19.8 Å². The standard InChI is InChI=1S/C12H11IN4S/c1-3-10-14-15-12-17(10)16-11(18-12)8-5-4-6-9(13)7(8)2/h4-6H,3H2,1-2H3. The first-order valence-electron chi connectivity index (χ1n) is 5.67. The van der Waals surface area contributed by atoms with Crippen molar-refractivity contribution in [2.45, 2.75) is 20.3 Å². The second-order valence-corrected chi connectivity index (χ2v) is 6.10. The predicted octanol–water partition coefficient (Wildman–Crippen LogP) is 3.33. The molecule has 2 aromatic heterocycles. The Kier molecular flexibility index (Phi) is 3.06. The molecule has 3 aromatic rings. The summed E-state index contributed by atoms with van der Waals surface area (Å²) in [6, 6.07) is 6.28. The van der Waals surface area contributed by atoms with Crippen LogP contribution in [0, 0.1) is 10.5 Å². The van der Waals surface area contributed by atoms with Crippen molar-refractivity contribution >= 4 is 38.9 Å². The van der Waals surface area contributed by atoms with Crippen molar-refractivity contribution in [2.24, 2.45) is 0 Å². The van der Waals surface area contributed by atoms with Crippen LogP contribution in [0.4, 0.5) is 0 Å². The molecule has 1 aromatic carbocycles. The third-order valence-corrected chi connectivity index (χ3v) is 4.97. The lowest BCUT2D eigenvalue weighted by atomic mass is 10.1. The van der Waals surface area contributed by atoms with Gasteiger partial charge in [-0.3, -0.25) is 0 Å². The highest BCUT2D eigenvalue weighted by Gasteiger charge is 2.13. The van der Waals surface area contributed by atoms with E-state index < -0.39 is 0 Å². The summed E-state index contributed by atoms with van der Waals surface area (Å²) in [6.45, 7) is 4.19. The molecular weight excluding hydrogens is 359 g/mol. The van der Waals surface area contributed by atoms with Gasteiger partial charge in [-0.05, 0) is 41.1 Å².